The number of methoxy groups -OCH3 is 1. The maximum atomic E-state index is 5.99. The zero-order valence-corrected chi connectivity index (χ0v) is 12.7. The van der Waals surface area contributed by atoms with E-state index in [9.17, 15) is 0 Å². The van der Waals surface area contributed by atoms with Crippen molar-refractivity contribution in [2.75, 3.05) is 12.9 Å². The van der Waals surface area contributed by atoms with Gasteiger partial charge >= 0.3 is 0 Å². The van der Waals surface area contributed by atoms with Gasteiger partial charge in [-0.2, -0.15) is 0 Å². The van der Waals surface area contributed by atoms with Crippen molar-refractivity contribution in [3.63, 3.8) is 0 Å². The number of hydrogen-bond acceptors (Lipinski definition) is 4. The minimum atomic E-state index is 0.00938. The third-order valence-corrected chi connectivity index (χ3v) is 4.25. The van der Waals surface area contributed by atoms with E-state index in [4.69, 9.17) is 22.2 Å². The number of nitrogens with one attached hydrogen (secondary N) is 1. The number of para-hydroxylation sites is 1. The second-order valence-corrected chi connectivity index (χ2v) is 5.76. The van der Waals surface area contributed by atoms with Crippen LogP contribution in [0.2, 0.25) is 5.02 Å². The van der Waals surface area contributed by atoms with E-state index in [0.29, 0.717) is 0 Å². The molecule has 0 amide bonds. The van der Waals surface area contributed by atoms with E-state index in [1.165, 1.54) is 0 Å². The summed E-state index contributed by atoms with van der Waals surface area (Å²) in [7, 11) is 1.66. The molecule has 0 radical (unpaired) electrons. The summed E-state index contributed by atoms with van der Waals surface area (Å²) < 4.78 is 5.37. The number of halogens is 1. The third kappa shape index (κ3) is 3.90. The molecule has 2 aromatic carbocycles. The molecule has 3 nitrogen and oxygen atoms in total. The van der Waals surface area contributed by atoms with Crippen molar-refractivity contribution >= 4 is 23.4 Å². The molecule has 0 saturated heterocycles. The standard InChI is InChI=1S/C15H17ClN2OS/c1-19-15-8-3-2-7-13(15)14(18-17)10-20-12-6-4-5-11(16)9-12/h2-9,14,18H,10,17H2,1H3. The van der Waals surface area contributed by atoms with Crippen LogP contribution in [0.4, 0.5) is 0 Å². The second kappa shape index (κ2) is 7.55. The zero-order valence-electron chi connectivity index (χ0n) is 11.2. The Kier molecular flexibility index (Phi) is 5.73. The lowest BCUT2D eigenvalue weighted by Crippen LogP contribution is -2.30. The lowest BCUT2D eigenvalue weighted by atomic mass is 10.1. The molecule has 2 aromatic rings. The van der Waals surface area contributed by atoms with Crippen LogP contribution in [-0.4, -0.2) is 12.9 Å². The average molecular weight is 309 g/mol. The smallest absolute Gasteiger partial charge is 0.123 e. The van der Waals surface area contributed by atoms with E-state index in [-0.39, 0.29) is 6.04 Å². The number of hydrazine groups is 1. The number of benzene rings is 2. The number of nitrogens with two attached hydrogens (primary N) is 1. The highest BCUT2D eigenvalue weighted by Gasteiger charge is 2.14. The molecule has 1 unspecified atom stereocenters. The zero-order chi connectivity index (χ0) is 14.4. The van der Waals surface area contributed by atoms with Crippen molar-refractivity contribution in [1.29, 1.82) is 0 Å². The fourth-order valence-corrected chi connectivity index (χ4v) is 3.19. The predicted molar refractivity (Wildman–Crippen MR) is 85.2 cm³/mol. The summed E-state index contributed by atoms with van der Waals surface area (Å²) in [5, 5.41) is 0.740. The van der Waals surface area contributed by atoms with Crippen LogP contribution in [-0.2, 0) is 0 Å². The second-order valence-electron chi connectivity index (χ2n) is 4.23. The molecule has 0 aliphatic rings. The SMILES string of the molecule is COc1ccccc1C(CSc1cccc(Cl)c1)NN. The summed E-state index contributed by atoms with van der Waals surface area (Å²) in [6, 6.07) is 15.7. The van der Waals surface area contributed by atoms with Gasteiger partial charge in [-0.3, -0.25) is 11.3 Å². The van der Waals surface area contributed by atoms with Gasteiger partial charge in [0.1, 0.15) is 5.75 Å². The highest BCUT2D eigenvalue weighted by molar-refractivity contribution is 7.99. The Hall–Kier alpha value is -1.20. The van der Waals surface area contributed by atoms with Gasteiger partial charge in [-0.25, -0.2) is 0 Å². The molecule has 5 heteroatoms. The summed E-state index contributed by atoms with van der Waals surface area (Å²) in [6.07, 6.45) is 0. The predicted octanol–water partition coefficient (Wildman–Crippen LogP) is 3.65. The van der Waals surface area contributed by atoms with Crippen molar-refractivity contribution in [3.05, 3.63) is 59.1 Å². The molecular formula is C15H17ClN2OS. The van der Waals surface area contributed by atoms with Gasteiger partial charge in [0.05, 0.1) is 13.2 Å². The number of thioether (sulfide) groups is 1. The maximum absolute atomic E-state index is 5.99. The third-order valence-electron chi connectivity index (χ3n) is 2.93. The van der Waals surface area contributed by atoms with Gasteiger partial charge in [0.2, 0.25) is 0 Å². The molecule has 1 atom stereocenters. The first-order chi connectivity index (χ1) is 9.74. The topological polar surface area (TPSA) is 47.3 Å². The molecule has 0 bridgehead atoms. The fourth-order valence-electron chi connectivity index (χ4n) is 1.92. The molecule has 0 aliphatic carbocycles. The molecule has 0 spiro atoms. The van der Waals surface area contributed by atoms with Crippen LogP contribution in [0.1, 0.15) is 11.6 Å². The van der Waals surface area contributed by atoms with Crippen molar-refractivity contribution in [2.45, 2.75) is 10.9 Å². The largest absolute Gasteiger partial charge is 0.496 e. The molecule has 0 fully saturated rings. The molecule has 0 saturated carbocycles. The minimum Gasteiger partial charge on any atom is -0.496 e. The van der Waals surface area contributed by atoms with Crippen molar-refractivity contribution in [2.24, 2.45) is 5.84 Å². The normalized spacial score (nSPS) is 12.2. The van der Waals surface area contributed by atoms with E-state index >= 15 is 0 Å². The first kappa shape index (κ1) is 15.2. The van der Waals surface area contributed by atoms with Crippen molar-refractivity contribution in [1.82, 2.24) is 5.43 Å². The van der Waals surface area contributed by atoms with Crippen molar-refractivity contribution in [3.8, 4) is 5.75 Å². The first-order valence-electron chi connectivity index (χ1n) is 6.22. The van der Waals surface area contributed by atoms with E-state index in [1.54, 1.807) is 18.9 Å². The molecule has 0 aliphatic heterocycles. The highest BCUT2D eigenvalue weighted by Crippen LogP contribution is 2.30. The van der Waals surface area contributed by atoms with Gasteiger partial charge in [-0.1, -0.05) is 35.9 Å². The molecular weight excluding hydrogens is 292 g/mol. The maximum Gasteiger partial charge on any atom is 0.123 e. The minimum absolute atomic E-state index is 0.00938. The first-order valence-corrected chi connectivity index (χ1v) is 7.58. The molecule has 2 rings (SSSR count). The molecule has 0 heterocycles. The van der Waals surface area contributed by atoms with Gasteiger partial charge in [-0.15, -0.1) is 11.8 Å². The lowest BCUT2D eigenvalue weighted by Gasteiger charge is -2.18. The van der Waals surface area contributed by atoms with Crippen LogP contribution >= 0.6 is 23.4 Å². The Bertz CT molecular complexity index is 565. The molecule has 20 heavy (non-hydrogen) atoms. The summed E-state index contributed by atoms with van der Waals surface area (Å²) in [6.45, 7) is 0. The Balaban J connectivity index is 2.09. The van der Waals surface area contributed by atoms with Crippen LogP contribution in [0.3, 0.4) is 0 Å². The fraction of sp³-hybridized carbons (Fsp3) is 0.200. The monoisotopic (exact) mass is 308 g/mol. The quantitative estimate of drug-likeness (QED) is 0.486. The van der Waals surface area contributed by atoms with Crippen LogP contribution < -0.4 is 16.0 Å². The van der Waals surface area contributed by atoms with E-state index in [2.05, 4.69) is 5.43 Å². The number of ether oxygens (including phenoxy) is 1. The summed E-state index contributed by atoms with van der Waals surface area (Å²) in [5.74, 6) is 7.30. The number of rotatable bonds is 6. The summed E-state index contributed by atoms with van der Waals surface area (Å²) >= 11 is 7.68. The van der Waals surface area contributed by atoms with Gasteiger partial charge in [0, 0.05) is 21.2 Å². The molecule has 106 valence electrons. The Morgan fingerprint density at radius 1 is 1.25 bits per heavy atom. The molecule has 3 N–H and O–H groups in total. The van der Waals surface area contributed by atoms with Crippen molar-refractivity contribution < 1.29 is 4.74 Å². The number of hydrogen-bond donors (Lipinski definition) is 2. The summed E-state index contributed by atoms with van der Waals surface area (Å²) in [5.41, 5.74) is 3.89. The van der Waals surface area contributed by atoms with Crippen LogP contribution in [0.25, 0.3) is 0 Å². The summed E-state index contributed by atoms with van der Waals surface area (Å²) in [4.78, 5) is 1.12. The molecule has 0 aromatic heterocycles. The van der Waals surface area contributed by atoms with Gasteiger partial charge < -0.3 is 4.74 Å². The van der Waals surface area contributed by atoms with Gasteiger partial charge in [-0.05, 0) is 24.3 Å². The average Bonchev–Trinajstić information content (AvgIpc) is 2.48. The van der Waals surface area contributed by atoms with E-state index in [0.717, 1.165) is 27.0 Å². The van der Waals surface area contributed by atoms with Gasteiger partial charge in [0.15, 0.2) is 0 Å². The van der Waals surface area contributed by atoms with Crippen LogP contribution in [0.5, 0.6) is 5.75 Å². The van der Waals surface area contributed by atoms with E-state index < -0.39 is 0 Å². The Morgan fingerprint density at radius 3 is 2.75 bits per heavy atom. The highest BCUT2D eigenvalue weighted by atomic mass is 35.5. The Labute approximate surface area is 128 Å². The van der Waals surface area contributed by atoms with E-state index in [1.807, 2.05) is 48.5 Å². The lowest BCUT2D eigenvalue weighted by molar-refractivity contribution is 0.403. The van der Waals surface area contributed by atoms with Gasteiger partial charge in [0.25, 0.3) is 0 Å². The van der Waals surface area contributed by atoms with Crippen LogP contribution in [0.15, 0.2) is 53.4 Å². The Morgan fingerprint density at radius 2 is 2.05 bits per heavy atom. The van der Waals surface area contributed by atoms with Crippen LogP contribution in [0, 0.1) is 0 Å².